The van der Waals surface area contributed by atoms with E-state index in [1.54, 1.807) is 23.8 Å². The van der Waals surface area contributed by atoms with Crippen LogP contribution in [0.5, 0.6) is 0 Å². The van der Waals surface area contributed by atoms with Crippen molar-refractivity contribution in [3.63, 3.8) is 0 Å². The van der Waals surface area contributed by atoms with Crippen LogP contribution >= 0.6 is 0 Å². The SMILES string of the molecule is CCOC(=O)CN1CCCC(C(=O)N(C)C2CC2)=C1C=O. The van der Waals surface area contributed by atoms with Crippen LogP contribution in [-0.4, -0.2) is 60.7 Å². The largest absolute Gasteiger partial charge is 0.465 e. The van der Waals surface area contributed by atoms with Crippen molar-refractivity contribution < 1.29 is 19.1 Å². The molecule has 1 aliphatic heterocycles. The molecule has 1 heterocycles. The fourth-order valence-electron chi connectivity index (χ4n) is 2.62. The molecule has 0 spiro atoms. The number of ether oxygens (including phenoxy) is 1. The van der Waals surface area contributed by atoms with Gasteiger partial charge in [0.1, 0.15) is 6.54 Å². The first-order chi connectivity index (χ1) is 10.1. The molecule has 1 aliphatic carbocycles. The monoisotopic (exact) mass is 294 g/mol. The van der Waals surface area contributed by atoms with E-state index in [1.807, 2.05) is 0 Å². The minimum absolute atomic E-state index is 0.0197. The molecule has 6 nitrogen and oxygen atoms in total. The lowest BCUT2D eigenvalue weighted by atomic mass is 10.0. The number of carbonyl (C=O) groups excluding carboxylic acids is 3. The first-order valence-electron chi connectivity index (χ1n) is 7.44. The summed E-state index contributed by atoms with van der Waals surface area (Å²) in [6.07, 6.45) is 4.09. The Morgan fingerprint density at radius 3 is 2.71 bits per heavy atom. The Kier molecular flexibility index (Phi) is 4.98. The average molecular weight is 294 g/mol. The zero-order chi connectivity index (χ0) is 15.4. The Balaban J connectivity index is 2.15. The van der Waals surface area contributed by atoms with Crippen molar-refractivity contribution in [3.05, 3.63) is 11.3 Å². The number of amides is 1. The van der Waals surface area contributed by atoms with Gasteiger partial charge in [-0.3, -0.25) is 14.4 Å². The fraction of sp³-hybridized carbons (Fsp3) is 0.667. The lowest BCUT2D eigenvalue weighted by Gasteiger charge is -2.31. The Bertz CT molecular complexity index is 468. The lowest BCUT2D eigenvalue weighted by molar-refractivity contribution is -0.144. The Labute approximate surface area is 124 Å². The molecule has 1 saturated carbocycles. The van der Waals surface area contributed by atoms with Gasteiger partial charge in [-0.1, -0.05) is 0 Å². The number of rotatable bonds is 6. The third-order valence-corrected chi connectivity index (χ3v) is 3.91. The number of likely N-dealkylation sites (N-methyl/N-ethyl adjacent to an activating group) is 1. The first kappa shape index (κ1) is 15.5. The molecular weight excluding hydrogens is 272 g/mol. The van der Waals surface area contributed by atoms with E-state index in [2.05, 4.69) is 0 Å². The maximum absolute atomic E-state index is 12.5. The molecule has 0 unspecified atom stereocenters. The van der Waals surface area contributed by atoms with Gasteiger partial charge in [0.05, 0.1) is 12.3 Å². The number of carbonyl (C=O) groups is 3. The summed E-state index contributed by atoms with van der Waals surface area (Å²) in [4.78, 5) is 38.9. The number of hydrogen-bond donors (Lipinski definition) is 0. The second-order valence-electron chi connectivity index (χ2n) is 5.46. The van der Waals surface area contributed by atoms with E-state index >= 15 is 0 Å². The third kappa shape index (κ3) is 3.62. The standard InChI is InChI=1S/C15H22N2O4/c1-3-21-14(19)9-17-8-4-5-12(13(17)10-18)15(20)16(2)11-6-7-11/h10-11H,3-9H2,1-2H3. The molecule has 21 heavy (non-hydrogen) atoms. The van der Waals surface area contributed by atoms with E-state index in [0.717, 1.165) is 19.3 Å². The molecule has 0 saturated heterocycles. The number of aldehydes is 1. The van der Waals surface area contributed by atoms with Crippen LogP contribution in [0, 0.1) is 0 Å². The van der Waals surface area contributed by atoms with Crippen molar-refractivity contribution in [2.45, 2.75) is 38.6 Å². The van der Waals surface area contributed by atoms with E-state index in [4.69, 9.17) is 4.74 Å². The summed E-state index contributed by atoms with van der Waals surface area (Å²) in [7, 11) is 1.78. The Morgan fingerprint density at radius 2 is 2.14 bits per heavy atom. The number of nitrogens with zero attached hydrogens (tertiary/aromatic N) is 2. The van der Waals surface area contributed by atoms with Crippen molar-refractivity contribution in [3.8, 4) is 0 Å². The van der Waals surface area contributed by atoms with Crippen molar-refractivity contribution in [2.24, 2.45) is 0 Å². The van der Waals surface area contributed by atoms with E-state index in [1.165, 1.54) is 0 Å². The van der Waals surface area contributed by atoms with E-state index in [0.29, 0.717) is 43.2 Å². The van der Waals surface area contributed by atoms with Gasteiger partial charge >= 0.3 is 5.97 Å². The van der Waals surface area contributed by atoms with Crippen LogP contribution in [0.3, 0.4) is 0 Å². The van der Waals surface area contributed by atoms with Gasteiger partial charge in [-0.25, -0.2) is 0 Å². The fourth-order valence-corrected chi connectivity index (χ4v) is 2.62. The summed E-state index contributed by atoms with van der Waals surface area (Å²) >= 11 is 0. The molecule has 6 heteroatoms. The molecule has 116 valence electrons. The van der Waals surface area contributed by atoms with Crippen molar-refractivity contribution in [2.75, 3.05) is 26.7 Å². The number of hydrogen-bond acceptors (Lipinski definition) is 5. The van der Waals surface area contributed by atoms with Gasteiger partial charge in [0.2, 0.25) is 0 Å². The predicted octanol–water partition coefficient (Wildman–Crippen LogP) is 0.719. The van der Waals surface area contributed by atoms with Gasteiger partial charge in [-0.2, -0.15) is 0 Å². The highest BCUT2D eigenvalue weighted by Crippen LogP contribution is 2.29. The quantitative estimate of drug-likeness (QED) is 0.533. The molecule has 0 aromatic heterocycles. The summed E-state index contributed by atoms with van der Waals surface area (Å²) in [5, 5.41) is 0. The molecule has 0 radical (unpaired) electrons. The number of esters is 1. The van der Waals surface area contributed by atoms with Gasteiger partial charge in [-0.15, -0.1) is 0 Å². The van der Waals surface area contributed by atoms with Crippen LogP contribution in [0.1, 0.15) is 32.6 Å². The smallest absolute Gasteiger partial charge is 0.325 e. The maximum atomic E-state index is 12.5. The second kappa shape index (κ2) is 6.74. The van der Waals surface area contributed by atoms with Gasteiger partial charge in [0.25, 0.3) is 5.91 Å². The highest BCUT2D eigenvalue weighted by atomic mass is 16.5. The van der Waals surface area contributed by atoms with Gasteiger partial charge < -0.3 is 14.5 Å². The highest BCUT2D eigenvalue weighted by Gasteiger charge is 2.34. The van der Waals surface area contributed by atoms with E-state index in [9.17, 15) is 14.4 Å². The Hall–Kier alpha value is -1.85. The predicted molar refractivity (Wildman–Crippen MR) is 76.3 cm³/mol. The van der Waals surface area contributed by atoms with Crippen molar-refractivity contribution >= 4 is 18.2 Å². The minimum atomic E-state index is -0.374. The average Bonchev–Trinajstić information content (AvgIpc) is 3.30. The zero-order valence-electron chi connectivity index (χ0n) is 12.6. The molecule has 1 fully saturated rings. The van der Waals surface area contributed by atoms with Crippen LogP contribution in [0.15, 0.2) is 11.3 Å². The van der Waals surface area contributed by atoms with Crippen LogP contribution in [-0.2, 0) is 19.1 Å². The van der Waals surface area contributed by atoms with Crippen LogP contribution in [0.4, 0.5) is 0 Å². The van der Waals surface area contributed by atoms with E-state index < -0.39 is 0 Å². The normalized spacial score (nSPS) is 18.5. The van der Waals surface area contributed by atoms with Crippen molar-refractivity contribution in [1.82, 2.24) is 9.80 Å². The molecule has 0 atom stereocenters. The van der Waals surface area contributed by atoms with Crippen LogP contribution < -0.4 is 0 Å². The minimum Gasteiger partial charge on any atom is -0.465 e. The number of allylic oxidation sites excluding steroid dienone is 1. The molecule has 0 aromatic rings. The molecule has 2 aliphatic rings. The molecule has 0 bridgehead atoms. The summed E-state index contributed by atoms with van der Waals surface area (Å²) in [6.45, 7) is 2.66. The van der Waals surface area contributed by atoms with Gasteiger partial charge in [-0.05, 0) is 32.6 Å². The topological polar surface area (TPSA) is 66.9 Å². The maximum Gasteiger partial charge on any atom is 0.325 e. The molecule has 1 amide bonds. The third-order valence-electron chi connectivity index (χ3n) is 3.91. The van der Waals surface area contributed by atoms with Gasteiger partial charge in [0, 0.05) is 25.2 Å². The van der Waals surface area contributed by atoms with Crippen LogP contribution in [0.25, 0.3) is 0 Å². The molecule has 2 rings (SSSR count). The Morgan fingerprint density at radius 1 is 1.43 bits per heavy atom. The molecule has 0 N–H and O–H groups in total. The first-order valence-corrected chi connectivity index (χ1v) is 7.44. The van der Waals surface area contributed by atoms with Gasteiger partial charge in [0.15, 0.2) is 6.29 Å². The van der Waals surface area contributed by atoms with E-state index in [-0.39, 0.29) is 18.4 Å². The summed E-state index contributed by atoms with van der Waals surface area (Å²) in [5.74, 6) is -0.464. The zero-order valence-corrected chi connectivity index (χ0v) is 12.6. The summed E-state index contributed by atoms with van der Waals surface area (Å²) in [5.41, 5.74) is 0.863. The summed E-state index contributed by atoms with van der Waals surface area (Å²) < 4.78 is 4.91. The molecular formula is C15H22N2O4. The second-order valence-corrected chi connectivity index (χ2v) is 5.46. The summed E-state index contributed by atoms with van der Waals surface area (Å²) in [6, 6.07) is 0.304. The highest BCUT2D eigenvalue weighted by molar-refractivity contribution is 5.99. The molecule has 0 aromatic carbocycles. The van der Waals surface area contributed by atoms with Crippen molar-refractivity contribution in [1.29, 1.82) is 0 Å². The van der Waals surface area contributed by atoms with Crippen LogP contribution in [0.2, 0.25) is 0 Å². The lowest BCUT2D eigenvalue weighted by Crippen LogP contribution is -2.39.